The molecule has 6 heteroatoms. The van der Waals surface area contributed by atoms with Gasteiger partial charge in [-0.1, -0.05) is 6.07 Å². The predicted molar refractivity (Wildman–Crippen MR) is 60.4 cm³/mol. The van der Waals surface area contributed by atoms with Crippen LogP contribution < -0.4 is 5.56 Å². The van der Waals surface area contributed by atoms with Gasteiger partial charge in [0.05, 0.1) is 6.67 Å². The van der Waals surface area contributed by atoms with Gasteiger partial charge in [0.1, 0.15) is 12.2 Å². The maximum Gasteiger partial charge on any atom is 0.272 e. The zero-order valence-electron chi connectivity index (χ0n) is 9.47. The Kier molecular flexibility index (Phi) is 2.95. The van der Waals surface area contributed by atoms with Gasteiger partial charge in [0.15, 0.2) is 0 Å². The summed E-state index contributed by atoms with van der Waals surface area (Å²) in [5.74, 6) is -0.397. The Morgan fingerprint density at radius 3 is 2.76 bits per heavy atom. The van der Waals surface area contributed by atoms with Crippen LogP contribution in [0, 0.1) is 0 Å². The Balaban J connectivity index is 2.17. The van der Waals surface area contributed by atoms with E-state index in [4.69, 9.17) is 0 Å². The number of aromatic amines is 1. The molecule has 1 N–H and O–H groups in total. The van der Waals surface area contributed by atoms with Crippen molar-refractivity contribution in [1.82, 2.24) is 14.8 Å². The molecule has 0 aromatic carbocycles. The Bertz CT molecular complexity index is 509. The molecule has 0 spiro atoms. The molecule has 1 aliphatic heterocycles. The van der Waals surface area contributed by atoms with Crippen molar-refractivity contribution in [2.45, 2.75) is 6.92 Å². The molecule has 1 fully saturated rings. The molecular formula is C11H13N3O3. The summed E-state index contributed by atoms with van der Waals surface area (Å²) in [4.78, 5) is 40.0. The average Bonchev–Trinajstić information content (AvgIpc) is 2.69. The number of hydrogen-bond donors (Lipinski definition) is 1. The van der Waals surface area contributed by atoms with Gasteiger partial charge in [-0.05, 0) is 13.0 Å². The van der Waals surface area contributed by atoms with Crippen molar-refractivity contribution in [1.29, 1.82) is 0 Å². The molecule has 2 heterocycles. The Hall–Kier alpha value is -2.11. The minimum absolute atomic E-state index is 0.0703. The van der Waals surface area contributed by atoms with Gasteiger partial charge in [-0.2, -0.15) is 0 Å². The SMILES string of the molecule is CCN1CN(C(=O)c2cccc(=O)[nH]2)CC1=O. The monoisotopic (exact) mass is 235 g/mol. The summed E-state index contributed by atoms with van der Waals surface area (Å²) in [6.45, 7) is 2.79. The van der Waals surface area contributed by atoms with Gasteiger partial charge in [0, 0.05) is 12.6 Å². The molecule has 2 amide bonds. The average molecular weight is 235 g/mol. The molecule has 0 bridgehead atoms. The van der Waals surface area contributed by atoms with E-state index in [0.717, 1.165) is 0 Å². The topological polar surface area (TPSA) is 73.5 Å². The van der Waals surface area contributed by atoms with Crippen molar-refractivity contribution in [3.8, 4) is 0 Å². The van der Waals surface area contributed by atoms with Gasteiger partial charge >= 0.3 is 0 Å². The van der Waals surface area contributed by atoms with Gasteiger partial charge in [0.25, 0.3) is 5.91 Å². The lowest BCUT2D eigenvalue weighted by Crippen LogP contribution is -2.32. The van der Waals surface area contributed by atoms with E-state index in [2.05, 4.69) is 4.98 Å². The summed E-state index contributed by atoms with van der Waals surface area (Å²) >= 11 is 0. The number of nitrogens with one attached hydrogen (secondary N) is 1. The largest absolute Gasteiger partial charge is 0.324 e. The Labute approximate surface area is 97.8 Å². The van der Waals surface area contributed by atoms with Crippen molar-refractivity contribution < 1.29 is 9.59 Å². The summed E-state index contributed by atoms with van der Waals surface area (Å²) in [7, 11) is 0. The molecule has 6 nitrogen and oxygen atoms in total. The highest BCUT2D eigenvalue weighted by Gasteiger charge is 2.30. The van der Waals surface area contributed by atoms with Crippen LogP contribution in [0.4, 0.5) is 0 Å². The molecule has 0 saturated carbocycles. The highest BCUT2D eigenvalue weighted by atomic mass is 16.2. The third-order valence-corrected chi connectivity index (χ3v) is 2.69. The number of likely N-dealkylation sites (N-methyl/N-ethyl adjacent to an activating group) is 1. The van der Waals surface area contributed by atoms with Crippen molar-refractivity contribution in [2.75, 3.05) is 19.8 Å². The standard InChI is InChI=1S/C11H13N3O3/c1-2-13-7-14(6-10(13)16)11(17)8-4-3-5-9(15)12-8/h3-5H,2,6-7H2,1H3,(H,12,15). The summed E-state index contributed by atoms with van der Waals surface area (Å²) < 4.78 is 0. The zero-order valence-corrected chi connectivity index (χ0v) is 9.47. The first kappa shape index (κ1) is 11.4. The van der Waals surface area contributed by atoms with E-state index in [1.165, 1.54) is 23.1 Å². The number of carbonyl (C=O) groups excluding carboxylic acids is 2. The van der Waals surface area contributed by atoms with Crippen LogP contribution in [-0.4, -0.2) is 46.4 Å². The summed E-state index contributed by atoms with van der Waals surface area (Å²) in [6, 6.07) is 4.38. The van der Waals surface area contributed by atoms with E-state index < -0.39 is 0 Å². The fourth-order valence-electron chi connectivity index (χ4n) is 1.75. The molecule has 0 radical (unpaired) electrons. The van der Waals surface area contributed by atoms with E-state index >= 15 is 0 Å². The zero-order chi connectivity index (χ0) is 12.4. The fraction of sp³-hybridized carbons (Fsp3) is 0.364. The highest BCUT2D eigenvalue weighted by Crippen LogP contribution is 2.09. The van der Waals surface area contributed by atoms with Crippen molar-refractivity contribution in [3.05, 3.63) is 34.2 Å². The van der Waals surface area contributed by atoms with Gasteiger partial charge < -0.3 is 14.8 Å². The minimum Gasteiger partial charge on any atom is -0.324 e. The lowest BCUT2D eigenvalue weighted by molar-refractivity contribution is -0.126. The summed E-state index contributed by atoms with van der Waals surface area (Å²) in [5.41, 5.74) is -0.114. The first-order chi connectivity index (χ1) is 8.11. The summed E-state index contributed by atoms with van der Waals surface area (Å²) in [6.07, 6.45) is 0. The fourth-order valence-corrected chi connectivity index (χ4v) is 1.75. The van der Waals surface area contributed by atoms with E-state index in [1.807, 2.05) is 6.92 Å². The smallest absolute Gasteiger partial charge is 0.272 e. The van der Waals surface area contributed by atoms with Crippen LogP contribution in [0.2, 0.25) is 0 Å². The molecule has 1 aliphatic rings. The van der Waals surface area contributed by atoms with Gasteiger partial charge in [-0.25, -0.2) is 0 Å². The molecule has 1 aromatic heterocycles. The number of carbonyl (C=O) groups is 2. The highest BCUT2D eigenvalue weighted by molar-refractivity contribution is 5.96. The maximum absolute atomic E-state index is 12.0. The van der Waals surface area contributed by atoms with E-state index in [9.17, 15) is 14.4 Å². The van der Waals surface area contributed by atoms with E-state index in [0.29, 0.717) is 6.54 Å². The molecule has 1 aromatic rings. The van der Waals surface area contributed by atoms with Crippen LogP contribution in [0.25, 0.3) is 0 Å². The van der Waals surface area contributed by atoms with Gasteiger partial charge in [-0.3, -0.25) is 14.4 Å². The molecular weight excluding hydrogens is 222 g/mol. The van der Waals surface area contributed by atoms with Crippen LogP contribution >= 0.6 is 0 Å². The Morgan fingerprint density at radius 2 is 2.18 bits per heavy atom. The lowest BCUT2D eigenvalue weighted by Gasteiger charge is -2.16. The van der Waals surface area contributed by atoms with Crippen molar-refractivity contribution in [2.24, 2.45) is 0 Å². The molecule has 17 heavy (non-hydrogen) atoms. The van der Waals surface area contributed by atoms with Crippen LogP contribution in [0.15, 0.2) is 23.0 Å². The molecule has 2 rings (SSSR count). The quantitative estimate of drug-likeness (QED) is 0.760. The van der Waals surface area contributed by atoms with Crippen LogP contribution in [-0.2, 0) is 4.79 Å². The van der Waals surface area contributed by atoms with Crippen LogP contribution in [0.3, 0.4) is 0 Å². The number of pyridine rings is 1. The number of aromatic nitrogens is 1. The lowest BCUT2D eigenvalue weighted by atomic mass is 10.3. The van der Waals surface area contributed by atoms with E-state index in [1.54, 1.807) is 4.90 Å². The first-order valence-electron chi connectivity index (χ1n) is 5.38. The second-order valence-electron chi connectivity index (χ2n) is 3.82. The molecule has 1 saturated heterocycles. The maximum atomic E-state index is 12.0. The summed E-state index contributed by atoms with van der Waals surface area (Å²) in [5, 5.41) is 0. The number of rotatable bonds is 2. The number of H-pyrrole nitrogens is 1. The molecule has 90 valence electrons. The first-order valence-corrected chi connectivity index (χ1v) is 5.38. The number of amides is 2. The second kappa shape index (κ2) is 4.40. The van der Waals surface area contributed by atoms with E-state index in [-0.39, 0.29) is 36.3 Å². The van der Waals surface area contributed by atoms with Crippen molar-refractivity contribution >= 4 is 11.8 Å². The number of hydrogen-bond acceptors (Lipinski definition) is 3. The third-order valence-electron chi connectivity index (χ3n) is 2.69. The normalized spacial score (nSPS) is 15.5. The van der Waals surface area contributed by atoms with Gasteiger partial charge in [0.2, 0.25) is 11.5 Å². The third kappa shape index (κ3) is 2.20. The molecule has 0 aliphatic carbocycles. The van der Waals surface area contributed by atoms with Crippen molar-refractivity contribution in [3.63, 3.8) is 0 Å². The van der Waals surface area contributed by atoms with Crippen LogP contribution in [0.1, 0.15) is 17.4 Å². The molecule has 0 atom stereocenters. The van der Waals surface area contributed by atoms with Crippen LogP contribution in [0.5, 0.6) is 0 Å². The second-order valence-corrected chi connectivity index (χ2v) is 3.82. The minimum atomic E-state index is -0.327. The molecule has 0 unspecified atom stereocenters. The van der Waals surface area contributed by atoms with Gasteiger partial charge in [-0.15, -0.1) is 0 Å². The Morgan fingerprint density at radius 1 is 1.41 bits per heavy atom. The number of nitrogens with zero attached hydrogens (tertiary/aromatic N) is 2. The predicted octanol–water partition coefficient (Wildman–Crippen LogP) is -0.363.